The van der Waals surface area contributed by atoms with Gasteiger partial charge in [-0.1, -0.05) is 0 Å². The first-order valence-electron chi connectivity index (χ1n) is 6.35. The van der Waals surface area contributed by atoms with Gasteiger partial charge in [0.05, 0.1) is 22.7 Å². The van der Waals surface area contributed by atoms with Gasteiger partial charge in [-0.2, -0.15) is 5.26 Å². The molecule has 1 aliphatic carbocycles. The van der Waals surface area contributed by atoms with Gasteiger partial charge in [0.15, 0.2) is 0 Å². The molecule has 1 saturated carbocycles. The highest BCUT2D eigenvalue weighted by Gasteiger charge is 2.36. The first-order chi connectivity index (χ1) is 9.07. The van der Waals surface area contributed by atoms with Crippen molar-refractivity contribution in [3.8, 4) is 6.07 Å². The Morgan fingerprint density at radius 1 is 1.32 bits per heavy atom. The van der Waals surface area contributed by atoms with Gasteiger partial charge in [0.25, 0.3) is 0 Å². The number of nitrogens with zero attached hydrogens (tertiary/aromatic N) is 2. The van der Waals surface area contributed by atoms with Crippen molar-refractivity contribution in [2.75, 3.05) is 0 Å². The Bertz CT molecular complexity index is 644. The normalized spacial score (nSPS) is 19.4. The zero-order valence-electron chi connectivity index (χ0n) is 10.3. The second kappa shape index (κ2) is 4.30. The number of nitriles is 1. The predicted molar refractivity (Wildman–Crippen MR) is 67.0 cm³/mol. The molecule has 0 bridgehead atoms. The number of alkyl halides is 2. The average Bonchev–Trinajstić information content (AvgIpc) is 2.81. The molecule has 0 unspecified atom stereocenters. The van der Waals surface area contributed by atoms with E-state index in [-0.39, 0.29) is 18.8 Å². The van der Waals surface area contributed by atoms with Gasteiger partial charge in [0, 0.05) is 18.8 Å². The zero-order valence-corrected chi connectivity index (χ0v) is 10.3. The van der Waals surface area contributed by atoms with Crippen molar-refractivity contribution in [2.24, 2.45) is 0 Å². The van der Waals surface area contributed by atoms with Crippen molar-refractivity contribution in [3.63, 3.8) is 0 Å². The molecule has 1 fully saturated rings. The Balaban J connectivity index is 1.88. The van der Waals surface area contributed by atoms with E-state index in [1.165, 1.54) is 0 Å². The molecule has 0 atom stereocenters. The lowest BCUT2D eigenvalue weighted by molar-refractivity contribution is -0.0387. The van der Waals surface area contributed by atoms with Crippen LogP contribution in [0.2, 0.25) is 0 Å². The molecule has 2 aromatic rings. The zero-order chi connectivity index (χ0) is 13.5. The number of benzene rings is 1. The molecule has 0 spiro atoms. The summed E-state index contributed by atoms with van der Waals surface area (Å²) in [7, 11) is 0. The summed E-state index contributed by atoms with van der Waals surface area (Å²) in [6.45, 7) is 0. The summed E-state index contributed by atoms with van der Waals surface area (Å²) in [6.07, 6.45) is 0.770. The summed E-state index contributed by atoms with van der Waals surface area (Å²) < 4.78 is 26.3. The van der Waals surface area contributed by atoms with E-state index in [4.69, 9.17) is 5.26 Å². The molecular formula is C14H13F2N3. The minimum Gasteiger partial charge on any atom is -0.342 e. The van der Waals surface area contributed by atoms with Crippen molar-refractivity contribution < 1.29 is 8.78 Å². The molecule has 98 valence electrons. The number of aromatic amines is 1. The Morgan fingerprint density at radius 3 is 2.74 bits per heavy atom. The smallest absolute Gasteiger partial charge is 0.248 e. The average molecular weight is 261 g/mol. The maximum absolute atomic E-state index is 13.1. The summed E-state index contributed by atoms with van der Waals surface area (Å²) >= 11 is 0. The van der Waals surface area contributed by atoms with E-state index in [0.29, 0.717) is 18.4 Å². The maximum atomic E-state index is 13.1. The molecule has 5 heteroatoms. The molecule has 0 saturated heterocycles. The van der Waals surface area contributed by atoms with Crippen LogP contribution in [0.25, 0.3) is 11.0 Å². The van der Waals surface area contributed by atoms with Crippen LogP contribution in [0.5, 0.6) is 0 Å². The molecule has 1 N–H and O–H groups in total. The van der Waals surface area contributed by atoms with Crippen molar-refractivity contribution in [1.82, 2.24) is 9.97 Å². The number of hydrogen-bond acceptors (Lipinski definition) is 2. The van der Waals surface area contributed by atoms with Crippen LogP contribution in [-0.2, 0) is 0 Å². The third-order valence-electron chi connectivity index (χ3n) is 3.73. The van der Waals surface area contributed by atoms with E-state index in [9.17, 15) is 8.78 Å². The minimum absolute atomic E-state index is 0.0672. The van der Waals surface area contributed by atoms with E-state index >= 15 is 0 Å². The third kappa shape index (κ3) is 2.30. The molecule has 1 aromatic carbocycles. The lowest BCUT2D eigenvalue weighted by atomic mass is 9.86. The van der Waals surface area contributed by atoms with Crippen LogP contribution < -0.4 is 0 Å². The van der Waals surface area contributed by atoms with Crippen LogP contribution in [0.15, 0.2) is 18.2 Å². The molecule has 19 heavy (non-hydrogen) atoms. The Morgan fingerprint density at radius 2 is 2.05 bits per heavy atom. The third-order valence-corrected chi connectivity index (χ3v) is 3.73. The van der Waals surface area contributed by atoms with Crippen LogP contribution in [0.4, 0.5) is 8.78 Å². The Kier molecular flexibility index (Phi) is 2.74. The fourth-order valence-electron chi connectivity index (χ4n) is 2.61. The number of imidazole rings is 1. The Labute approximate surface area is 109 Å². The van der Waals surface area contributed by atoms with E-state index in [2.05, 4.69) is 16.0 Å². The summed E-state index contributed by atoms with van der Waals surface area (Å²) in [5.41, 5.74) is 2.15. The van der Waals surface area contributed by atoms with Gasteiger partial charge in [-0.3, -0.25) is 0 Å². The molecule has 0 aliphatic heterocycles. The molecule has 0 amide bonds. The highest BCUT2D eigenvalue weighted by molar-refractivity contribution is 5.76. The van der Waals surface area contributed by atoms with Gasteiger partial charge in [-0.15, -0.1) is 0 Å². The van der Waals surface area contributed by atoms with Gasteiger partial charge >= 0.3 is 0 Å². The van der Waals surface area contributed by atoms with Gasteiger partial charge in [-0.05, 0) is 31.0 Å². The van der Waals surface area contributed by atoms with Gasteiger partial charge in [-0.25, -0.2) is 13.8 Å². The molecule has 3 rings (SSSR count). The summed E-state index contributed by atoms with van der Waals surface area (Å²) in [5.74, 6) is -1.69. The number of fused-ring (bicyclic) bond motifs is 1. The van der Waals surface area contributed by atoms with Crippen LogP contribution in [0.3, 0.4) is 0 Å². The van der Waals surface area contributed by atoms with Crippen LogP contribution >= 0.6 is 0 Å². The fraction of sp³-hybridized carbons (Fsp3) is 0.429. The number of halogens is 2. The molecule has 0 radical (unpaired) electrons. The van der Waals surface area contributed by atoms with Gasteiger partial charge < -0.3 is 4.98 Å². The topological polar surface area (TPSA) is 52.5 Å². The van der Waals surface area contributed by atoms with Crippen molar-refractivity contribution in [3.05, 3.63) is 29.6 Å². The lowest BCUT2D eigenvalue weighted by Crippen LogP contribution is -2.24. The van der Waals surface area contributed by atoms with Crippen LogP contribution in [0.1, 0.15) is 43.0 Å². The monoisotopic (exact) mass is 261 g/mol. The molecule has 3 nitrogen and oxygen atoms in total. The second-order valence-electron chi connectivity index (χ2n) is 5.10. The predicted octanol–water partition coefficient (Wildman–Crippen LogP) is 3.73. The van der Waals surface area contributed by atoms with Crippen molar-refractivity contribution in [2.45, 2.75) is 37.5 Å². The SMILES string of the molecule is N#Cc1ccc2nc(C3CCC(F)(F)CC3)[nH]c2c1. The summed E-state index contributed by atoms with van der Waals surface area (Å²) in [4.78, 5) is 7.61. The maximum Gasteiger partial charge on any atom is 0.248 e. The van der Waals surface area contributed by atoms with Crippen molar-refractivity contribution >= 4 is 11.0 Å². The standard InChI is InChI=1S/C14H13F2N3/c15-14(16)5-3-10(4-6-14)13-18-11-2-1-9(8-17)7-12(11)19-13/h1-2,7,10H,3-6H2,(H,18,19). The van der Waals surface area contributed by atoms with E-state index in [1.54, 1.807) is 18.2 Å². The molecule has 1 aliphatic rings. The minimum atomic E-state index is -2.52. The summed E-state index contributed by atoms with van der Waals surface area (Å²) in [5, 5.41) is 8.84. The van der Waals surface area contributed by atoms with Crippen molar-refractivity contribution in [1.29, 1.82) is 5.26 Å². The number of nitrogens with one attached hydrogen (secondary N) is 1. The Hall–Kier alpha value is -1.96. The molecule has 1 heterocycles. The van der Waals surface area contributed by atoms with E-state index in [0.717, 1.165) is 16.9 Å². The van der Waals surface area contributed by atoms with Crippen LogP contribution in [-0.4, -0.2) is 15.9 Å². The molecular weight excluding hydrogens is 248 g/mol. The number of aromatic nitrogens is 2. The lowest BCUT2D eigenvalue weighted by Gasteiger charge is -2.26. The second-order valence-corrected chi connectivity index (χ2v) is 5.10. The highest BCUT2D eigenvalue weighted by atomic mass is 19.3. The number of H-pyrrole nitrogens is 1. The number of rotatable bonds is 1. The highest BCUT2D eigenvalue weighted by Crippen LogP contribution is 2.40. The number of hydrogen-bond donors (Lipinski definition) is 1. The largest absolute Gasteiger partial charge is 0.342 e. The van der Waals surface area contributed by atoms with Crippen LogP contribution in [0, 0.1) is 11.3 Å². The van der Waals surface area contributed by atoms with Gasteiger partial charge in [0.2, 0.25) is 5.92 Å². The fourth-order valence-corrected chi connectivity index (χ4v) is 2.61. The quantitative estimate of drug-likeness (QED) is 0.850. The first kappa shape index (κ1) is 12.1. The first-order valence-corrected chi connectivity index (χ1v) is 6.35. The molecule has 1 aromatic heterocycles. The van der Waals surface area contributed by atoms with E-state index < -0.39 is 5.92 Å². The van der Waals surface area contributed by atoms with Gasteiger partial charge in [0.1, 0.15) is 5.82 Å². The summed E-state index contributed by atoms with van der Waals surface area (Å²) in [6, 6.07) is 7.30. The van der Waals surface area contributed by atoms with E-state index in [1.807, 2.05) is 0 Å².